The standard InChI is InChI=1S/C12H12N2O2S/c1-8-6-11(14-16-8)12(15)13-9-4-3-5-10(7-9)17-2/h3-7H,1-2H3,(H,13,15). The van der Waals surface area contributed by atoms with Crippen LogP contribution in [0.1, 0.15) is 16.2 Å². The van der Waals surface area contributed by atoms with Crippen LogP contribution in [0.4, 0.5) is 5.69 Å². The molecule has 88 valence electrons. The van der Waals surface area contributed by atoms with E-state index in [-0.39, 0.29) is 11.6 Å². The molecule has 0 radical (unpaired) electrons. The minimum Gasteiger partial charge on any atom is -0.361 e. The molecule has 0 saturated carbocycles. The fourth-order valence-corrected chi connectivity index (χ4v) is 1.83. The van der Waals surface area contributed by atoms with Gasteiger partial charge in [0.1, 0.15) is 5.76 Å². The van der Waals surface area contributed by atoms with Crippen molar-refractivity contribution in [2.75, 3.05) is 11.6 Å². The smallest absolute Gasteiger partial charge is 0.277 e. The van der Waals surface area contributed by atoms with Crippen molar-refractivity contribution < 1.29 is 9.32 Å². The lowest BCUT2D eigenvalue weighted by atomic mass is 10.3. The zero-order valence-electron chi connectivity index (χ0n) is 9.56. The van der Waals surface area contributed by atoms with E-state index in [0.717, 1.165) is 10.6 Å². The van der Waals surface area contributed by atoms with Crippen molar-refractivity contribution >= 4 is 23.4 Å². The van der Waals surface area contributed by atoms with Crippen LogP contribution >= 0.6 is 11.8 Å². The van der Waals surface area contributed by atoms with Gasteiger partial charge < -0.3 is 9.84 Å². The van der Waals surface area contributed by atoms with Crippen molar-refractivity contribution in [3.63, 3.8) is 0 Å². The summed E-state index contributed by atoms with van der Waals surface area (Å²) in [4.78, 5) is 12.9. The van der Waals surface area contributed by atoms with Crippen LogP contribution < -0.4 is 5.32 Å². The molecule has 0 unspecified atom stereocenters. The summed E-state index contributed by atoms with van der Waals surface area (Å²) >= 11 is 1.62. The second-order valence-electron chi connectivity index (χ2n) is 3.51. The number of amides is 1. The first-order valence-electron chi connectivity index (χ1n) is 5.08. The highest BCUT2D eigenvalue weighted by Gasteiger charge is 2.10. The van der Waals surface area contributed by atoms with Crippen LogP contribution in [-0.4, -0.2) is 17.3 Å². The van der Waals surface area contributed by atoms with E-state index in [0.29, 0.717) is 5.76 Å². The molecule has 0 aliphatic heterocycles. The molecule has 0 spiro atoms. The minimum absolute atomic E-state index is 0.264. The summed E-state index contributed by atoms with van der Waals surface area (Å²) in [6.45, 7) is 1.75. The van der Waals surface area contributed by atoms with E-state index in [9.17, 15) is 4.79 Å². The maximum atomic E-state index is 11.8. The number of anilines is 1. The first kappa shape index (κ1) is 11.7. The maximum Gasteiger partial charge on any atom is 0.277 e. The van der Waals surface area contributed by atoms with Gasteiger partial charge >= 0.3 is 0 Å². The highest BCUT2D eigenvalue weighted by atomic mass is 32.2. The number of hydrogen-bond acceptors (Lipinski definition) is 4. The number of carbonyl (C=O) groups excluding carboxylic acids is 1. The summed E-state index contributed by atoms with van der Waals surface area (Å²) in [6.07, 6.45) is 1.99. The zero-order chi connectivity index (χ0) is 12.3. The molecule has 2 rings (SSSR count). The van der Waals surface area contributed by atoms with Crippen molar-refractivity contribution in [3.8, 4) is 0 Å². The average Bonchev–Trinajstić information content (AvgIpc) is 2.76. The van der Waals surface area contributed by atoms with Crippen LogP contribution in [0, 0.1) is 6.92 Å². The summed E-state index contributed by atoms with van der Waals surface area (Å²) in [6, 6.07) is 9.24. The Morgan fingerprint density at radius 2 is 2.24 bits per heavy atom. The molecule has 2 aromatic rings. The monoisotopic (exact) mass is 248 g/mol. The van der Waals surface area contributed by atoms with Crippen LogP contribution in [0.5, 0.6) is 0 Å². The molecule has 1 heterocycles. The molecule has 4 nitrogen and oxygen atoms in total. The Hall–Kier alpha value is -1.75. The molecule has 0 saturated heterocycles. The van der Waals surface area contributed by atoms with Crippen molar-refractivity contribution in [3.05, 3.63) is 41.8 Å². The van der Waals surface area contributed by atoms with Crippen LogP contribution in [0.15, 0.2) is 39.8 Å². The van der Waals surface area contributed by atoms with Gasteiger partial charge in [-0.1, -0.05) is 11.2 Å². The van der Waals surface area contributed by atoms with E-state index in [1.54, 1.807) is 24.8 Å². The van der Waals surface area contributed by atoms with E-state index in [1.165, 1.54) is 0 Å². The van der Waals surface area contributed by atoms with E-state index >= 15 is 0 Å². The Bertz CT molecular complexity index is 537. The summed E-state index contributed by atoms with van der Waals surface area (Å²) < 4.78 is 4.85. The number of thioether (sulfide) groups is 1. The molecular weight excluding hydrogens is 236 g/mol. The third kappa shape index (κ3) is 2.88. The third-order valence-corrected chi connectivity index (χ3v) is 2.91. The number of nitrogens with zero attached hydrogens (tertiary/aromatic N) is 1. The number of hydrogen-bond donors (Lipinski definition) is 1. The molecule has 1 aromatic carbocycles. The lowest BCUT2D eigenvalue weighted by Crippen LogP contribution is -2.12. The molecule has 1 amide bonds. The van der Waals surface area contributed by atoms with Gasteiger partial charge in [-0.3, -0.25) is 4.79 Å². The highest BCUT2D eigenvalue weighted by molar-refractivity contribution is 7.98. The first-order valence-corrected chi connectivity index (χ1v) is 6.30. The third-order valence-electron chi connectivity index (χ3n) is 2.19. The maximum absolute atomic E-state index is 11.8. The Morgan fingerprint density at radius 1 is 1.41 bits per heavy atom. The summed E-state index contributed by atoms with van der Waals surface area (Å²) in [5, 5.41) is 6.43. The topological polar surface area (TPSA) is 55.1 Å². The Labute approximate surface area is 103 Å². The normalized spacial score (nSPS) is 10.2. The predicted octanol–water partition coefficient (Wildman–Crippen LogP) is 2.96. The van der Waals surface area contributed by atoms with Crippen LogP contribution in [0.25, 0.3) is 0 Å². The van der Waals surface area contributed by atoms with Gasteiger partial charge in [0, 0.05) is 16.6 Å². The summed E-state index contributed by atoms with van der Waals surface area (Å²) in [7, 11) is 0. The summed E-state index contributed by atoms with van der Waals surface area (Å²) in [5.74, 6) is 0.355. The van der Waals surface area contributed by atoms with Gasteiger partial charge in [-0.2, -0.15) is 0 Å². The van der Waals surface area contributed by atoms with E-state index < -0.39 is 0 Å². The fraction of sp³-hybridized carbons (Fsp3) is 0.167. The van der Waals surface area contributed by atoms with Gasteiger partial charge in [0.2, 0.25) is 0 Å². The Kier molecular flexibility index (Phi) is 3.49. The predicted molar refractivity (Wildman–Crippen MR) is 67.4 cm³/mol. The molecule has 0 fully saturated rings. The lowest BCUT2D eigenvalue weighted by molar-refractivity contribution is 0.101. The van der Waals surface area contributed by atoms with Crippen molar-refractivity contribution in [1.29, 1.82) is 0 Å². The summed E-state index contributed by atoms with van der Waals surface area (Å²) in [5.41, 5.74) is 1.04. The van der Waals surface area contributed by atoms with E-state index in [4.69, 9.17) is 4.52 Å². The van der Waals surface area contributed by atoms with Crippen LogP contribution in [-0.2, 0) is 0 Å². The molecule has 1 aromatic heterocycles. The second kappa shape index (κ2) is 5.05. The van der Waals surface area contributed by atoms with Crippen LogP contribution in [0.2, 0.25) is 0 Å². The fourth-order valence-electron chi connectivity index (χ4n) is 1.37. The highest BCUT2D eigenvalue weighted by Crippen LogP contribution is 2.19. The van der Waals surface area contributed by atoms with Gasteiger partial charge in [-0.05, 0) is 31.4 Å². The van der Waals surface area contributed by atoms with Crippen molar-refractivity contribution in [2.45, 2.75) is 11.8 Å². The molecule has 17 heavy (non-hydrogen) atoms. The SMILES string of the molecule is CSc1cccc(NC(=O)c2cc(C)on2)c1. The number of carbonyl (C=O) groups is 1. The molecule has 0 bridgehead atoms. The largest absolute Gasteiger partial charge is 0.361 e. The molecule has 5 heteroatoms. The number of aromatic nitrogens is 1. The van der Waals surface area contributed by atoms with E-state index in [2.05, 4.69) is 10.5 Å². The van der Waals surface area contributed by atoms with Gasteiger partial charge in [0.25, 0.3) is 5.91 Å². The molecule has 1 N–H and O–H groups in total. The quantitative estimate of drug-likeness (QED) is 0.848. The van der Waals surface area contributed by atoms with Gasteiger partial charge in [0.15, 0.2) is 5.69 Å². The van der Waals surface area contributed by atoms with Gasteiger partial charge in [0.05, 0.1) is 0 Å². The van der Waals surface area contributed by atoms with Crippen molar-refractivity contribution in [1.82, 2.24) is 5.16 Å². The number of benzene rings is 1. The average molecular weight is 248 g/mol. The molecular formula is C12H12N2O2S. The molecule has 0 aliphatic rings. The lowest BCUT2D eigenvalue weighted by Gasteiger charge is -2.04. The minimum atomic E-state index is -0.264. The molecule has 0 atom stereocenters. The Balaban J connectivity index is 2.12. The second-order valence-corrected chi connectivity index (χ2v) is 4.39. The van der Waals surface area contributed by atoms with E-state index in [1.807, 2.05) is 30.5 Å². The molecule has 0 aliphatic carbocycles. The van der Waals surface area contributed by atoms with Crippen LogP contribution in [0.3, 0.4) is 0 Å². The number of aryl methyl sites for hydroxylation is 1. The van der Waals surface area contributed by atoms with Crippen molar-refractivity contribution in [2.24, 2.45) is 0 Å². The number of rotatable bonds is 3. The van der Waals surface area contributed by atoms with Gasteiger partial charge in [-0.15, -0.1) is 11.8 Å². The van der Waals surface area contributed by atoms with Gasteiger partial charge in [-0.25, -0.2) is 0 Å². The Morgan fingerprint density at radius 3 is 2.88 bits per heavy atom. The first-order chi connectivity index (χ1) is 8.19. The number of nitrogens with one attached hydrogen (secondary N) is 1. The zero-order valence-corrected chi connectivity index (χ0v) is 10.4.